The first-order chi connectivity index (χ1) is 16.4. The van der Waals surface area contributed by atoms with Gasteiger partial charge in [-0.25, -0.2) is 18.7 Å². The first-order valence-electron chi connectivity index (χ1n) is 10.7. The monoisotopic (exact) mass is 487 g/mol. The molecule has 0 spiro atoms. The molecule has 3 heterocycles. The van der Waals surface area contributed by atoms with Crippen LogP contribution in [0, 0.1) is 18.6 Å². The third-order valence-corrected chi connectivity index (χ3v) is 5.99. The highest BCUT2D eigenvalue weighted by molar-refractivity contribution is 6.31. The van der Waals surface area contributed by atoms with Crippen molar-refractivity contribution in [1.29, 1.82) is 0 Å². The number of nitrogens with zero attached hydrogens (tertiary/aromatic N) is 4. The number of anilines is 1. The fourth-order valence-electron chi connectivity index (χ4n) is 4.22. The van der Waals surface area contributed by atoms with Gasteiger partial charge < -0.3 is 20.1 Å². The molecule has 1 aliphatic carbocycles. The molecule has 1 fully saturated rings. The van der Waals surface area contributed by atoms with Crippen LogP contribution in [0.15, 0.2) is 29.0 Å². The van der Waals surface area contributed by atoms with Crippen LogP contribution in [-0.2, 0) is 0 Å². The summed E-state index contributed by atoms with van der Waals surface area (Å²) in [5.74, 6) is -0.972. The lowest BCUT2D eigenvalue weighted by Gasteiger charge is -2.30. The van der Waals surface area contributed by atoms with Crippen molar-refractivity contribution in [2.75, 3.05) is 5.32 Å². The number of carbonyl (C=O) groups is 1. The maximum absolute atomic E-state index is 14.6. The van der Waals surface area contributed by atoms with Gasteiger partial charge in [0, 0.05) is 41.2 Å². The molecule has 0 aliphatic heterocycles. The summed E-state index contributed by atoms with van der Waals surface area (Å²) >= 11 is 6.01. The maximum Gasteiger partial charge on any atom is 0.292 e. The largest absolute Gasteiger partial charge is 0.365 e. The Hall–Kier alpha value is -3.60. The quantitative estimate of drug-likeness (QED) is 0.381. The Morgan fingerprint density at radius 1 is 1.21 bits per heavy atom. The van der Waals surface area contributed by atoms with Crippen LogP contribution < -0.4 is 10.6 Å². The normalized spacial score (nSPS) is 18.2. The first kappa shape index (κ1) is 22.2. The fraction of sp³-hybridized carbons (Fsp3) is 0.318. The third-order valence-electron chi connectivity index (χ3n) is 5.77. The Morgan fingerprint density at radius 2 is 2.03 bits per heavy atom. The zero-order valence-electron chi connectivity index (χ0n) is 18.0. The molecule has 34 heavy (non-hydrogen) atoms. The second-order valence-corrected chi connectivity index (χ2v) is 8.65. The van der Waals surface area contributed by atoms with Gasteiger partial charge in [-0.15, -0.1) is 0 Å². The molecule has 3 aromatic heterocycles. The number of hydrogen-bond acceptors (Lipinski definition) is 7. The third kappa shape index (κ3) is 4.43. The lowest BCUT2D eigenvalue weighted by atomic mass is 9.91. The number of aryl methyl sites for hydroxylation is 1. The van der Waals surface area contributed by atoms with E-state index in [4.69, 9.17) is 16.1 Å². The molecular formula is C22H20ClF2N7O2. The SMILES string of the molecule is Cc1nc(C(=O)N[C@@H]2CCC[C@H](Nc3nc(-c4c[nH]c5c(F)cc(Cl)cc45)ncc3F)C2)no1. The predicted octanol–water partition coefficient (Wildman–Crippen LogP) is 4.40. The standard InChI is InChI=1S/C22H20ClF2N7O2/c1-10-28-21(32-34-10)22(33)30-13-4-2-3-12(7-13)29-20-17(25)9-27-19(31-20)15-8-26-18-14(15)5-11(23)6-16(18)24/h5-6,8-9,12-13,26H,2-4,7H2,1H3,(H,30,33)(H,27,29,31)/t12-,13+/m0/s1. The molecule has 3 N–H and O–H groups in total. The lowest BCUT2D eigenvalue weighted by molar-refractivity contribution is 0.0913. The van der Waals surface area contributed by atoms with Crippen molar-refractivity contribution in [3.63, 3.8) is 0 Å². The average molecular weight is 488 g/mol. The van der Waals surface area contributed by atoms with Crippen LogP contribution in [-0.4, -0.2) is 43.1 Å². The summed E-state index contributed by atoms with van der Waals surface area (Å²) in [7, 11) is 0. The zero-order valence-corrected chi connectivity index (χ0v) is 18.8. The van der Waals surface area contributed by atoms with Crippen LogP contribution in [0.4, 0.5) is 14.6 Å². The summed E-state index contributed by atoms with van der Waals surface area (Å²) in [5, 5.41) is 10.4. The Bertz CT molecular complexity index is 1370. The fourth-order valence-corrected chi connectivity index (χ4v) is 4.43. The van der Waals surface area contributed by atoms with Crippen molar-refractivity contribution in [3.05, 3.63) is 52.9 Å². The van der Waals surface area contributed by atoms with Crippen LogP contribution in [0.3, 0.4) is 0 Å². The number of H-pyrrole nitrogens is 1. The maximum atomic E-state index is 14.6. The molecule has 1 aromatic carbocycles. The van der Waals surface area contributed by atoms with E-state index in [-0.39, 0.29) is 40.1 Å². The van der Waals surface area contributed by atoms with Crippen molar-refractivity contribution in [1.82, 2.24) is 30.4 Å². The van der Waals surface area contributed by atoms with Crippen LogP contribution in [0.5, 0.6) is 0 Å². The topological polar surface area (TPSA) is 122 Å². The van der Waals surface area contributed by atoms with Gasteiger partial charge in [0.2, 0.25) is 5.89 Å². The van der Waals surface area contributed by atoms with E-state index in [2.05, 4.69) is 35.7 Å². The molecule has 12 heteroatoms. The van der Waals surface area contributed by atoms with Crippen molar-refractivity contribution in [3.8, 4) is 11.4 Å². The lowest BCUT2D eigenvalue weighted by Crippen LogP contribution is -2.42. The van der Waals surface area contributed by atoms with Crippen molar-refractivity contribution in [2.45, 2.75) is 44.7 Å². The van der Waals surface area contributed by atoms with Crippen molar-refractivity contribution < 1.29 is 18.1 Å². The summed E-state index contributed by atoms with van der Waals surface area (Å²) in [4.78, 5) is 27.6. The van der Waals surface area contributed by atoms with Gasteiger partial charge in [0.15, 0.2) is 17.5 Å². The van der Waals surface area contributed by atoms with Gasteiger partial charge in [-0.2, -0.15) is 4.98 Å². The van der Waals surface area contributed by atoms with E-state index in [0.29, 0.717) is 23.3 Å². The molecule has 5 rings (SSSR count). The molecule has 0 bridgehead atoms. The average Bonchev–Trinajstić information content (AvgIpc) is 3.42. The Balaban J connectivity index is 1.33. The van der Waals surface area contributed by atoms with Crippen LogP contribution in [0.2, 0.25) is 5.02 Å². The molecule has 9 nitrogen and oxygen atoms in total. The van der Waals surface area contributed by atoms with Gasteiger partial charge in [0.1, 0.15) is 5.82 Å². The molecule has 0 unspecified atom stereocenters. The van der Waals surface area contributed by atoms with Gasteiger partial charge in [-0.3, -0.25) is 4.79 Å². The molecule has 0 radical (unpaired) electrons. The highest BCUT2D eigenvalue weighted by atomic mass is 35.5. The number of aromatic amines is 1. The van der Waals surface area contributed by atoms with Crippen LogP contribution in [0.1, 0.15) is 42.2 Å². The first-order valence-corrected chi connectivity index (χ1v) is 11.1. The molecule has 176 valence electrons. The molecule has 0 saturated heterocycles. The molecule has 1 saturated carbocycles. The summed E-state index contributed by atoms with van der Waals surface area (Å²) in [5.41, 5.74) is 0.771. The minimum Gasteiger partial charge on any atom is -0.365 e. The smallest absolute Gasteiger partial charge is 0.292 e. The number of benzene rings is 1. The number of rotatable bonds is 5. The van der Waals surface area contributed by atoms with Crippen molar-refractivity contribution >= 4 is 34.2 Å². The number of aromatic nitrogens is 5. The van der Waals surface area contributed by atoms with E-state index in [1.165, 1.54) is 6.07 Å². The van der Waals surface area contributed by atoms with E-state index in [9.17, 15) is 13.6 Å². The van der Waals surface area contributed by atoms with Gasteiger partial charge in [0.25, 0.3) is 11.7 Å². The van der Waals surface area contributed by atoms with E-state index in [0.717, 1.165) is 25.5 Å². The molecule has 1 aliphatic rings. The minimum absolute atomic E-state index is 0.0191. The molecule has 1 amide bonds. The van der Waals surface area contributed by atoms with Gasteiger partial charge in [-0.05, 0) is 37.8 Å². The highest BCUT2D eigenvalue weighted by Gasteiger charge is 2.26. The molecule has 2 atom stereocenters. The summed E-state index contributed by atoms with van der Waals surface area (Å²) < 4.78 is 33.6. The van der Waals surface area contributed by atoms with Crippen molar-refractivity contribution in [2.24, 2.45) is 0 Å². The number of halogens is 3. The zero-order chi connectivity index (χ0) is 23.8. The van der Waals surface area contributed by atoms with E-state index < -0.39 is 17.5 Å². The van der Waals surface area contributed by atoms with E-state index in [1.54, 1.807) is 19.2 Å². The highest BCUT2D eigenvalue weighted by Crippen LogP contribution is 2.31. The summed E-state index contributed by atoms with van der Waals surface area (Å²) in [6.07, 6.45) is 5.58. The Kier molecular flexibility index (Phi) is 5.86. The number of carbonyl (C=O) groups excluding carboxylic acids is 1. The van der Waals surface area contributed by atoms with E-state index in [1.807, 2.05) is 0 Å². The van der Waals surface area contributed by atoms with Gasteiger partial charge >= 0.3 is 0 Å². The van der Waals surface area contributed by atoms with Gasteiger partial charge in [0.05, 0.1) is 11.7 Å². The van der Waals surface area contributed by atoms with Crippen LogP contribution in [0.25, 0.3) is 22.3 Å². The van der Waals surface area contributed by atoms with Crippen LogP contribution >= 0.6 is 11.6 Å². The summed E-state index contributed by atoms with van der Waals surface area (Å²) in [6.45, 7) is 1.61. The molecule has 4 aromatic rings. The summed E-state index contributed by atoms with van der Waals surface area (Å²) in [6, 6.07) is 2.55. The second kappa shape index (κ2) is 8.98. The number of amides is 1. The second-order valence-electron chi connectivity index (χ2n) is 8.22. The minimum atomic E-state index is -0.610. The Morgan fingerprint density at radius 3 is 2.82 bits per heavy atom. The Labute approximate surface area is 197 Å². The van der Waals surface area contributed by atoms with E-state index >= 15 is 0 Å². The van der Waals surface area contributed by atoms with Gasteiger partial charge in [-0.1, -0.05) is 16.8 Å². The number of nitrogens with one attached hydrogen (secondary N) is 3. The number of hydrogen-bond donors (Lipinski definition) is 3. The molecular weight excluding hydrogens is 468 g/mol. The number of fused-ring (bicyclic) bond motifs is 1. The predicted molar refractivity (Wildman–Crippen MR) is 120 cm³/mol.